The Kier molecular flexibility index (Phi) is 5.32. The number of rotatable bonds is 2. The lowest BCUT2D eigenvalue weighted by Crippen LogP contribution is -2.44. The van der Waals surface area contributed by atoms with E-state index in [-0.39, 0.29) is 17.3 Å². The van der Waals surface area contributed by atoms with E-state index >= 15 is 0 Å². The van der Waals surface area contributed by atoms with Gasteiger partial charge in [0, 0.05) is 27.6 Å². The van der Waals surface area contributed by atoms with Crippen LogP contribution in [0.1, 0.15) is 36.0 Å². The molecule has 2 unspecified atom stereocenters. The van der Waals surface area contributed by atoms with Crippen molar-refractivity contribution in [2.75, 3.05) is 7.05 Å². The van der Waals surface area contributed by atoms with Gasteiger partial charge in [0.1, 0.15) is 0 Å². The lowest BCUT2D eigenvalue weighted by molar-refractivity contribution is 0.0700. The second-order valence-electron chi connectivity index (χ2n) is 4.94. The standard InChI is InChI=1S/C14H16Br2ClNO/c1-18(13-5-3-2-4-12(13)17)14(19)9-6-10(15)8-11(16)7-9/h6-8,12-13H,2-5H2,1H3. The van der Waals surface area contributed by atoms with Gasteiger partial charge in [0.2, 0.25) is 0 Å². The normalized spacial score (nSPS) is 23.2. The van der Waals surface area contributed by atoms with Crippen molar-refractivity contribution in [2.45, 2.75) is 37.1 Å². The monoisotopic (exact) mass is 407 g/mol. The molecule has 0 bridgehead atoms. The molecule has 1 fully saturated rings. The molecule has 19 heavy (non-hydrogen) atoms. The van der Waals surface area contributed by atoms with E-state index < -0.39 is 0 Å². The van der Waals surface area contributed by atoms with Crippen molar-refractivity contribution < 1.29 is 4.79 Å². The van der Waals surface area contributed by atoms with Crippen LogP contribution in [0, 0.1) is 0 Å². The lowest BCUT2D eigenvalue weighted by atomic mass is 9.93. The van der Waals surface area contributed by atoms with Crippen LogP contribution in [-0.2, 0) is 0 Å². The van der Waals surface area contributed by atoms with E-state index in [1.165, 1.54) is 0 Å². The molecule has 2 rings (SSSR count). The number of alkyl halides is 1. The molecular formula is C14H16Br2ClNO. The van der Waals surface area contributed by atoms with Crippen molar-refractivity contribution >= 4 is 49.4 Å². The SMILES string of the molecule is CN(C(=O)c1cc(Br)cc(Br)c1)C1CCCCC1Cl. The van der Waals surface area contributed by atoms with Crippen LogP contribution in [0.15, 0.2) is 27.1 Å². The van der Waals surface area contributed by atoms with E-state index in [0.717, 1.165) is 34.6 Å². The van der Waals surface area contributed by atoms with Gasteiger partial charge in [-0.05, 0) is 31.0 Å². The fourth-order valence-corrected chi connectivity index (χ4v) is 4.28. The minimum absolute atomic E-state index is 0.0274. The molecule has 0 heterocycles. The van der Waals surface area contributed by atoms with E-state index in [1.54, 1.807) is 4.90 Å². The molecule has 0 saturated heterocycles. The van der Waals surface area contributed by atoms with Gasteiger partial charge < -0.3 is 4.90 Å². The summed E-state index contributed by atoms with van der Waals surface area (Å²) in [4.78, 5) is 14.3. The number of nitrogens with zero attached hydrogens (tertiary/aromatic N) is 1. The average Bonchev–Trinajstić information content (AvgIpc) is 2.36. The predicted molar refractivity (Wildman–Crippen MR) is 85.8 cm³/mol. The summed E-state index contributed by atoms with van der Waals surface area (Å²) in [6, 6.07) is 5.74. The summed E-state index contributed by atoms with van der Waals surface area (Å²) < 4.78 is 1.79. The Labute approximate surface area is 135 Å². The summed E-state index contributed by atoms with van der Waals surface area (Å²) in [5, 5.41) is 0.0679. The number of amides is 1. The Hall–Kier alpha value is -0.0600. The van der Waals surface area contributed by atoms with Gasteiger partial charge >= 0.3 is 0 Å². The molecule has 0 aliphatic heterocycles. The molecule has 1 saturated carbocycles. The Morgan fingerprint density at radius 1 is 1.21 bits per heavy atom. The molecular weight excluding hydrogens is 393 g/mol. The quantitative estimate of drug-likeness (QED) is 0.641. The molecule has 1 amide bonds. The van der Waals surface area contributed by atoms with Gasteiger partial charge in [0.05, 0.1) is 5.38 Å². The maximum atomic E-state index is 12.5. The first kappa shape index (κ1) is 15.3. The highest BCUT2D eigenvalue weighted by molar-refractivity contribution is 9.11. The van der Waals surface area contributed by atoms with Gasteiger partial charge in [-0.1, -0.05) is 44.7 Å². The Morgan fingerprint density at radius 2 is 1.79 bits per heavy atom. The summed E-state index contributed by atoms with van der Waals surface area (Å²) in [5.74, 6) is 0.0274. The van der Waals surface area contributed by atoms with Gasteiger partial charge in [-0.25, -0.2) is 0 Å². The molecule has 5 heteroatoms. The molecule has 1 aromatic carbocycles. The maximum absolute atomic E-state index is 12.5. The van der Waals surface area contributed by atoms with E-state index in [0.29, 0.717) is 5.56 Å². The van der Waals surface area contributed by atoms with Crippen molar-refractivity contribution in [3.8, 4) is 0 Å². The van der Waals surface area contributed by atoms with Crippen LogP contribution in [0.25, 0.3) is 0 Å². The zero-order valence-electron chi connectivity index (χ0n) is 10.7. The first-order valence-electron chi connectivity index (χ1n) is 6.36. The molecule has 1 aromatic rings. The molecule has 1 aliphatic rings. The molecule has 0 spiro atoms. The van der Waals surface area contributed by atoms with Gasteiger partial charge in [-0.3, -0.25) is 4.79 Å². The number of halogens is 3. The van der Waals surface area contributed by atoms with Gasteiger partial charge in [0.15, 0.2) is 0 Å². The Bertz CT molecular complexity index is 460. The zero-order chi connectivity index (χ0) is 14.0. The van der Waals surface area contributed by atoms with E-state index in [4.69, 9.17) is 11.6 Å². The van der Waals surface area contributed by atoms with Crippen LogP contribution >= 0.6 is 43.5 Å². The third-order valence-corrected chi connectivity index (χ3v) is 5.00. The number of benzene rings is 1. The Balaban J connectivity index is 2.18. The fourth-order valence-electron chi connectivity index (χ4n) is 2.53. The zero-order valence-corrected chi connectivity index (χ0v) is 14.6. The van der Waals surface area contributed by atoms with E-state index in [2.05, 4.69) is 31.9 Å². The number of hydrogen-bond donors (Lipinski definition) is 0. The van der Waals surface area contributed by atoms with E-state index in [1.807, 2.05) is 25.2 Å². The van der Waals surface area contributed by atoms with Crippen LogP contribution < -0.4 is 0 Å². The highest BCUT2D eigenvalue weighted by Gasteiger charge is 2.29. The van der Waals surface area contributed by atoms with Crippen molar-refractivity contribution in [1.29, 1.82) is 0 Å². The highest BCUT2D eigenvalue weighted by Crippen LogP contribution is 2.28. The second-order valence-corrected chi connectivity index (χ2v) is 7.33. The largest absolute Gasteiger partial charge is 0.337 e. The minimum Gasteiger partial charge on any atom is -0.337 e. The van der Waals surface area contributed by atoms with Crippen LogP contribution in [0.2, 0.25) is 0 Å². The second kappa shape index (κ2) is 6.59. The minimum atomic E-state index is 0.0274. The van der Waals surface area contributed by atoms with Gasteiger partial charge in [-0.15, -0.1) is 11.6 Å². The number of carbonyl (C=O) groups is 1. The van der Waals surface area contributed by atoms with Crippen molar-refractivity contribution in [1.82, 2.24) is 4.90 Å². The molecule has 104 valence electrons. The fraction of sp³-hybridized carbons (Fsp3) is 0.500. The lowest BCUT2D eigenvalue weighted by Gasteiger charge is -2.35. The molecule has 0 radical (unpaired) electrons. The third kappa shape index (κ3) is 3.73. The van der Waals surface area contributed by atoms with Crippen LogP contribution in [0.5, 0.6) is 0 Å². The molecule has 0 N–H and O–H groups in total. The average molecular weight is 410 g/mol. The molecule has 2 nitrogen and oxygen atoms in total. The summed E-state index contributed by atoms with van der Waals surface area (Å²) >= 11 is 13.2. The highest BCUT2D eigenvalue weighted by atomic mass is 79.9. The van der Waals surface area contributed by atoms with E-state index in [9.17, 15) is 4.79 Å². The first-order chi connectivity index (χ1) is 8.99. The third-order valence-electron chi connectivity index (χ3n) is 3.57. The topological polar surface area (TPSA) is 20.3 Å². The summed E-state index contributed by atoms with van der Waals surface area (Å²) in [6.45, 7) is 0. The van der Waals surface area contributed by atoms with Gasteiger partial charge in [0.25, 0.3) is 5.91 Å². The van der Waals surface area contributed by atoms with Crippen molar-refractivity contribution in [2.24, 2.45) is 0 Å². The summed E-state index contributed by atoms with van der Waals surface area (Å²) in [7, 11) is 1.85. The van der Waals surface area contributed by atoms with Crippen molar-refractivity contribution in [3.63, 3.8) is 0 Å². The van der Waals surface area contributed by atoms with Crippen molar-refractivity contribution in [3.05, 3.63) is 32.7 Å². The number of hydrogen-bond acceptors (Lipinski definition) is 1. The summed E-state index contributed by atoms with van der Waals surface area (Å²) in [6.07, 6.45) is 4.29. The molecule has 0 aromatic heterocycles. The van der Waals surface area contributed by atoms with Crippen LogP contribution in [-0.4, -0.2) is 29.3 Å². The number of carbonyl (C=O) groups excluding carboxylic acids is 1. The predicted octanol–water partition coefficient (Wildman–Crippen LogP) is 4.83. The van der Waals surface area contributed by atoms with Crippen LogP contribution in [0.4, 0.5) is 0 Å². The molecule has 1 aliphatic carbocycles. The first-order valence-corrected chi connectivity index (χ1v) is 8.38. The Morgan fingerprint density at radius 3 is 2.37 bits per heavy atom. The summed E-state index contributed by atoms with van der Waals surface area (Å²) in [5.41, 5.74) is 0.679. The molecule has 2 atom stereocenters. The van der Waals surface area contributed by atoms with Crippen LogP contribution in [0.3, 0.4) is 0 Å². The van der Waals surface area contributed by atoms with Gasteiger partial charge in [-0.2, -0.15) is 0 Å². The smallest absolute Gasteiger partial charge is 0.253 e. The maximum Gasteiger partial charge on any atom is 0.253 e.